The molecule has 0 aliphatic rings. The number of ether oxygens (including phenoxy) is 1. The molecule has 1 aromatic rings. The van der Waals surface area contributed by atoms with Crippen LogP contribution in [0.5, 0.6) is 0 Å². The monoisotopic (exact) mass is 214 g/mol. The second-order valence-corrected chi connectivity index (χ2v) is 3.21. The maximum atomic E-state index is 10.7. The first-order valence-corrected chi connectivity index (χ1v) is 4.55. The van der Waals surface area contributed by atoms with Crippen molar-refractivity contribution in [3.05, 3.63) is 34.9 Å². The molecule has 0 aromatic heterocycles. The Bertz CT molecular complexity index is 325. The predicted molar refractivity (Wildman–Crippen MR) is 53.0 cm³/mol. The zero-order valence-electron chi connectivity index (χ0n) is 7.74. The predicted octanol–water partition coefficient (Wildman–Crippen LogP) is 1.94. The minimum Gasteiger partial charge on any atom is -0.455 e. The van der Waals surface area contributed by atoms with Gasteiger partial charge >= 0.3 is 5.97 Å². The fourth-order valence-electron chi connectivity index (χ4n) is 1.14. The summed E-state index contributed by atoms with van der Waals surface area (Å²) in [5.41, 5.74) is 0.617. The molecule has 0 bridgehead atoms. The maximum Gasteiger partial charge on any atom is 0.303 e. The smallest absolute Gasteiger partial charge is 0.303 e. The van der Waals surface area contributed by atoms with Crippen LogP contribution in [0.1, 0.15) is 18.6 Å². The molecule has 1 atom stereocenters. The van der Waals surface area contributed by atoms with Crippen molar-refractivity contribution in [1.29, 1.82) is 0 Å². The summed E-state index contributed by atoms with van der Waals surface area (Å²) >= 11 is 5.88. The minimum absolute atomic E-state index is 0.274. The van der Waals surface area contributed by atoms with Gasteiger partial charge in [-0.15, -0.1) is 0 Å². The second kappa shape index (κ2) is 4.98. The number of hydrogen-bond acceptors (Lipinski definition) is 3. The van der Waals surface area contributed by atoms with Crippen LogP contribution in [0.4, 0.5) is 0 Å². The lowest BCUT2D eigenvalue weighted by atomic mass is 10.1. The Morgan fingerprint density at radius 2 is 2.21 bits per heavy atom. The van der Waals surface area contributed by atoms with E-state index in [4.69, 9.17) is 21.4 Å². The largest absolute Gasteiger partial charge is 0.455 e. The van der Waals surface area contributed by atoms with Gasteiger partial charge in [0.15, 0.2) is 6.10 Å². The van der Waals surface area contributed by atoms with E-state index >= 15 is 0 Å². The van der Waals surface area contributed by atoms with E-state index in [1.807, 2.05) is 0 Å². The van der Waals surface area contributed by atoms with Crippen LogP contribution in [-0.4, -0.2) is 17.7 Å². The number of aliphatic hydroxyl groups excluding tert-OH is 1. The first-order valence-electron chi connectivity index (χ1n) is 4.17. The average molecular weight is 215 g/mol. The van der Waals surface area contributed by atoms with Crippen LogP contribution in [0.2, 0.25) is 5.02 Å². The normalized spacial score (nSPS) is 12.2. The van der Waals surface area contributed by atoms with Crippen molar-refractivity contribution in [1.82, 2.24) is 0 Å². The van der Waals surface area contributed by atoms with Gasteiger partial charge in [0.1, 0.15) is 0 Å². The van der Waals surface area contributed by atoms with E-state index in [0.29, 0.717) is 10.6 Å². The van der Waals surface area contributed by atoms with Crippen molar-refractivity contribution < 1.29 is 14.6 Å². The van der Waals surface area contributed by atoms with Crippen LogP contribution in [0.25, 0.3) is 0 Å². The molecule has 14 heavy (non-hydrogen) atoms. The third kappa shape index (κ3) is 2.72. The Kier molecular flexibility index (Phi) is 3.92. The van der Waals surface area contributed by atoms with Crippen LogP contribution in [0, 0.1) is 0 Å². The highest BCUT2D eigenvalue weighted by molar-refractivity contribution is 6.31. The highest BCUT2D eigenvalue weighted by atomic mass is 35.5. The maximum absolute atomic E-state index is 10.7. The first-order chi connectivity index (χ1) is 6.65. The van der Waals surface area contributed by atoms with E-state index in [9.17, 15) is 4.79 Å². The van der Waals surface area contributed by atoms with Crippen molar-refractivity contribution in [2.75, 3.05) is 6.61 Å². The standard InChI is InChI=1S/C10H11ClO3/c1-7(13)14-10(6-12)8-4-2-3-5-9(8)11/h2-5,10,12H,6H2,1H3/t10-/m1/s1. The van der Waals surface area contributed by atoms with Crippen molar-refractivity contribution in [2.45, 2.75) is 13.0 Å². The summed E-state index contributed by atoms with van der Waals surface area (Å²) in [6.07, 6.45) is -0.679. The van der Waals surface area contributed by atoms with Gasteiger partial charge in [-0.3, -0.25) is 4.79 Å². The molecule has 0 unspecified atom stereocenters. The number of rotatable bonds is 3. The summed E-state index contributed by atoms with van der Waals surface area (Å²) in [5, 5.41) is 9.50. The van der Waals surface area contributed by atoms with Gasteiger partial charge in [-0.2, -0.15) is 0 Å². The molecule has 0 spiro atoms. The third-order valence-electron chi connectivity index (χ3n) is 1.73. The van der Waals surface area contributed by atoms with Crippen molar-refractivity contribution in [2.24, 2.45) is 0 Å². The van der Waals surface area contributed by atoms with E-state index in [1.54, 1.807) is 24.3 Å². The zero-order valence-corrected chi connectivity index (χ0v) is 8.49. The Morgan fingerprint density at radius 1 is 1.57 bits per heavy atom. The molecule has 4 heteroatoms. The van der Waals surface area contributed by atoms with Gasteiger partial charge in [0.05, 0.1) is 6.61 Å². The molecule has 76 valence electrons. The number of hydrogen-bond donors (Lipinski definition) is 1. The number of esters is 1. The van der Waals surface area contributed by atoms with Crippen LogP contribution in [0.15, 0.2) is 24.3 Å². The molecule has 1 N–H and O–H groups in total. The van der Waals surface area contributed by atoms with Crippen LogP contribution in [0.3, 0.4) is 0 Å². The van der Waals surface area contributed by atoms with E-state index in [-0.39, 0.29) is 6.61 Å². The molecule has 3 nitrogen and oxygen atoms in total. The van der Waals surface area contributed by atoms with Crippen LogP contribution in [-0.2, 0) is 9.53 Å². The van der Waals surface area contributed by atoms with Gasteiger partial charge in [0, 0.05) is 17.5 Å². The van der Waals surface area contributed by atoms with Gasteiger partial charge < -0.3 is 9.84 Å². The molecule has 0 amide bonds. The molecule has 0 radical (unpaired) electrons. The number of carbonyl (C=O) groups excluding carboxylic acids is 1. The van der Waals surface area contributed by atoms with Gasteiger partial charge in [0.2, 0.25) is 0 Å². The molecule has 0 fully saturated rings. The Labute approximate surface area is 87.3 Å². The second-order valence-electron chi connectivity index (χ2n) is 2.80. The highest BCUT2D eigenvalue weighted by Crippen LogP contribution is 2.24. The fraction of sp³-hybridized carbons (Fsp3) is 0.300. The van der Waals surface area contributed by atoms with Crippen LogP contribution < -0.4 is 0 Å². The lowest BCUT2D eigenvalue weighted by Crippen LogP contribution is -2.12. The molecular weight excluding hydrogens is 204 g/mol. The van der Waals surface area contributed by atoms with E-state index in [2.05, 4.69) is 0 Å². The lowest BCUT2D eigenvalue weighted by molar-refractivity contribution is -0.148. The molecule has 0 aliphatic carbocycles. The molecule has 1 aromatic carbocycles. The summed E-state index contributed by atoms with van der Waals surface area (Å²) in [4.78, 5) is 10.7. The third-order valence-corrected chi connectivity index (χ3v) is 2.07. The summed E-state index contributed by atoms with van der Waals surface area (Å²) in [6.45, 7) is 1.02. The van der Waals surface area contributed by atoms with Crippen molar-refractivity contribution in [3.63, 3.8) is 0 Å². The summed E-state index contributed by atoms with van der Waals surface area (Å²) in [5.74, 6) is -0.441. The average Bonchev–Trinajstić information content (AvgIpc) is 2.15. The number of carbonyl (C=O) groups is 1. The van der Waals surface area contributed by atoms with Crippen LogP contribution >= 0.6 is 11.6 Å². The Hall–Kier alpha value is -1.06. The SMILES string of the molecule is CC(=O)O[C@H](CO)c1ccccc1Cl. The molecular formula is C10H11ClO3. The molecule has 0 heterocycles. The van der Waals surface area contributed by atoms with Gasteiger partial charge in [-0.25, -0.2) is 0 Å². The molecule has 0 saturated heterocycles. The molecule has 0 aliphatic heterocycles. The number of benzene rings is 1. The Morgan fingerprint density at radius 3 is 2.71 bits per heavy atom. The number of aliphatic hydroxyl groups is 1. The van der Waals surface area contributed by atoms with E-state index < -0.39 is 12.1 Å². The molecule has 0 saturated carbocycles. The Balaban J connectivity index is 2.89. The summed E-state index contributed by atoms with van der Waals surface area (Å²) in [6, 6.07) is 6.94. The lowest BCUT2D eigenvalue weighted by Gasteiger charge is -2.15. The van der Waals surface area contributed by atoms with Gasteiger partial charge in [-0.05, 0) is 6.07 Å². The zero-order chi connectivity index (χ0) is 10.6. The summed E-state index contributed by atoms with van der Waals surface area (Å²) in [7, 11) is 0. The first kappa shape index (κ1) is 11.0. The van der Waals surface area contributed by atoms with Gasteiger partial charge in [0.25, 0.3) is 0 Å². The van der Waals surface area contributed by atoms with E-state index in [1.165, 1.54) is 6.92 Å². The highest BCUT2D eigenvalue weighted by Gasteiger charge is 2.15. The molecule has 1 rings (SSSR count). The quantitative estimate of drug-likeness (QED) is 0.783. The number of halogens is 1. The minimum atomic E-state index is -0.679. The van der Waals surface area contributed by atoms with Crippen molar-refractivity contribution in [3.8, 4) is 0 Å². The van der Waals surface area contributed by atoms with E-state index in [0.717, 1.165) is 0 Å². The van der Waals surface area contributed by atoms with Gasteiger partial charge in [-0.1, -0.05) is 29.8 Å². The topological polar surface area (TPSA) is 46.5 Å². The van der Waals surface area contributed by atoms with Crippen molar-refractivity contribution >= 4 is 17.6 Å². The fourth-order valence-corrected chi connectivity index (χ4v) is 1.39. The summed E-state index contributed by atoms with van der Waals surface area (Å²) < 4.78 is 4.89.